The zero-order chi connectivity index (χ0) is 21.8. The molecule has 0 radical (unpaired) electrons. The van der Waals surface area contributed by atoms with Gasteiger partial charge in [-0.3, -0.25) is 0 Å². The van der Waals surface area contributed by atoms with Gasteiger partial charge in [0.05, 0.1) is 12.2 Å². The molecule has 1 saturated carbocycles. The van der Waals surface area contributed by atoms with E-state index in [0.29, 0.717) is 32.0 Å². The van der Waals surface area contributed by atoms with E-state index in [-0.39, 0.29) is 0 Å². The minimum Gasteiger partial charge on any atom is -0.377 e. The summed E-state index contributed by atoms with van der Waals surface area (Å²) in [5.41, 5.74) is 0. The van der Waals surface area contributed by atoms with Crippen molar-refractivity contribution in [3.8, 4) is 0 Å². The molecule has 2 aliphatic rings. The summed E-state index contributed by atoms with van der Waals surface area (Å²) in [6.45, 7) is 10.1. The fraction of sp³-hybridized carbons (Fsp3) is 1.00. The standard InChI is InChI=1S/C11H22O4Si.C9H22O3Si/c1-12-16(13-2,14-3)7-6-9-4-5-10-11(8-9)15-10;1-5-9-13(10-6-2,11-7-3)12-8-4/h9-11H,4-8H2,1-3H3;5-9H2,1-4H3. The van der Waals surface area contributed by atoms with Gasteiger partial charge in [-0.25, -0.2) is 0 Å². The van der Waals surface area contributed by atoms with Crippen LogP contribution in [0.4, 0.5) is 0 Å². The number of epoxide rings is 1. The van der Waals surface area contributed by atoms with Gasteiger partial charge >= 0.3 is 17.6 Å². The first kappa shape index (κ1) is 27.2. The molecule has 1 aliphatic heterocycles. The Hall–Kier alpha value is 0.154. The van der Waals surface area contributed by atoms with Gasteiger partial charge in [-0.05, 0) is 52.4 Å². The molecule has 0 aromatic carbocycles. The molecular formula is C20H44O7Si2. The Balaban J connectivity index is 0.000000298. The monoisotopic (exact) mass is 452 g/mol. The van der Waals surface area contributed by atoms with Gasteiger partial charge in [0.25, 0.3) is 0 Å². The third-order valence-corrected chi connectivity index (χ3v) is 11.6. The lowest BCUT2D eigenvalue weighted by Crippen LogP contribution is -2.45. The normalized spacial score (nSPS) is 23.9. The van der Waals surface area contributed by atoms with Gasteiger partial charge in [-0.2, -0.15) is 0 Å². The molecule has 9 heteroatoms. The molecule has 1 saturated heterocycles. The van der Waals surface area contributed by atoms with Crippen LogP contribution in [-0.4, -0.2) is 71.0 Å². The molecule has 0 N–H and O–H groups in total. The zero-order valence-corrected chi connectivity index (χ0v) is 21.7. The third kappa shape index (κ3) is 9.04. The highest BCUT2D eigenvalue weighted by molar-refractivity contribution is 6.61. The van der Waals surface area contributed by atoms with E-state index >= 15 is 0 Å². The molecule has 0 aromatic rings. The van der Waals surface area contributed by atoms with Gasteiger partial charge in [-0.1, -0.05) is 13.3 Å². The quantitative estimate of drug-likeness (QED) is 0.288. The maximum Gasteiger partial charge on any atom is 0.500 e. The van der Waals surface area contributed by atoms with Gasteiger partial charge in [0.2, 0.25) is 0 Å². The molecule has 2 fully saturated rings. The lowest BCUT2D eigenvalue weighted by atomic mass is 9.88. The fourth-order valence-electron chi connectivity index (χ4n) is 3.99. The van der Waals surface area contributed by atoms with Crippen LogP contribution >= 0.6 is 0 Å². The molecule has 0 amide bonds. The minimum atomic E-state index is -2.35. The smallest absolute Gasteiger partial charge is 0.377 e. The summed E-state index contributed by atoms with van der Waals surface area (Å²) in [5.74, 6) is 0.760. The van der Waals surface area contributed by atoms with Gasteiger partial charge in [0.1, 0.15) is 0 Å². The first-order valence-corrected chi connectivity index (χ1v) is 15.1. The molecule has 29 heavy (non-hydrogen) atoms. The van der Waals surface area contributed by atoms with Crippen LogP contribution in [0.15, 0.2) is 0 Å². The van der Waals surface area contributed by atoms with Gasteiger partial charge in [0, 0.05) is 53.2 Å². The van der Waals surface area contributed by atoms with Crippen LogP contribution in [-0.2, 0) is 31.3 Å². The van der Waals surface area contributed by atoms with Crippen molar-refractivity contribution < 1.29 is 31.3 Å². The average Bonchev–Trinajstić information content (AvgIpc) is 3.50. The zero-order valence-electron chi connectivity index (χ0n) is 19.7. The summed E-state index contributed by atoms with van der Waals surface area (Å²) in [7, 11) is 0.396. The molecular weight excluding hydrogens is 408 g/mol. The van der Waals surface area contributed by atoms with E-state index in [1.165, 1.54) is 19.3 Å². The topological polar surface area (TPSA) is 67.9 Å². The van der Waals surface area contributed by atoms with E-state index in [1.807, 2.05) is 20.8 Å². The second kappa shape index (κ2) is 14.3. The molecule has 7 nitrogen and oxygen atoms in total. The molecule has 0 bridgehead atoms. The van der Waals surface area contributed by atoms with Crippen molar-refractivity contribution in [1.82, 2.24) is 0 Å². The Bertz CT molecular complexity index is 386. The predicted molar refractivity (Wildman–Crippen MR) is 118 cm³/mol. The summed E-state index contributed by atoms with van der Waals surface area (Å²) in [6, 6.07) is 1.83. The first-order chi connectivity index (χ1) is 14.0. The molecule has 0 aromatic heterocycles. The number of hydrogen-bond acceptors (Lipinski definition) is 7. The lowest BCUT2D eigenvalue weighted by Gasteiger charge is -2.27. The minimum absolute atomic E-state index is 0.558. The Morgan fingerprint density at radius 2 is 1.28 bits per heavy atom. The first-order valence-electron chi connectivity index (χ1n) is 11.2. The van der Waals surface area contributed by atoms with E-state index in [2.05, 4.69) is 6.92 Å². The van der Waals surface area contributed by atoms with E-state index < -0.39 is 17.6 Å². The number of fused-ring (bicyclic) bond motifs is 1. The molecule has 1 aliphatic carbocycles. The van der Waals surface area contributed by atoms with Crippen molar-refractivity contribution in [2.24, 2.45) is 5.92 Å². The Morgan fingerprint density at radius 1 is 0.724 bits per heavy atom. The summed E-state index contributed by atoms with van der Waals surface area (Å²) < 4.78 is 38.8. The van der Waals surface area contributed by atoms with Crippen LogP contribution in [0.3, 0.4) is 0 Å². The van der Waals surface area contributed by atoms with Crippen molar-refractivity contribution in [2.75, 3.05) is 41.2 Å². The largest absolute Gasteiger partial charge is 0.500 e. The van der Waals surface area contributed by atoms with Crippen LogP contribution in [0.2, 0.25) is 12.1 Å². The predicted octanol–water partition coefficient (Wildman–Crippen LogP) is 4.27. The summed E-state index contributed by atoms with van der Waals surface area (Å²) in [4.78, 5) is 0. The van der Waals surface area contributed by atoms with Crippen LogP contribution in [0.25, 0.3) is 0 Å². The molecule has 1 heterocycles. The summed E-state index contributed by atoms with van der Waals surface area (Å²) >= 11 is 0. The Kier molecular flexibility index (Phi) is 13.4. The van der Waals surface area contributed by atoms with Gasteiger partial charge < -0.3 is 31.3 Å². The number of ether oxygens (including phenoxy) is 1. The highest BCUT2D eigenvalue weighted by Gasteiger charge is 2.45. The van der Waals surface area contributed by atoms with Crippen LogP contribution in [0.5, 0.6) is 0 Å². The molecule has 2 rings (SSSR count). The molecule has 3 atom stereocenters. The molecule has 3 unspecified atom stereocenters. The fourth-order valence-corrected chi connectivity index (χ4v) is 8.48. The lowest BCUT2D eigenvalue weighted by molar-refractivity contribution is 0.0711. The van der Waals surface area contributed by atoms with Gasteiger partial charge in [-0.15, -0.1) is 0 Å². The Morgan fingerprint density at radius 3 is 1.69 bits per heavy atom. The van der Waals surface area contributed by atoms with E-state index in [9.17, 15) is 0 Å². The van der Waals surface area contributed by atoms with Gasteiger partial charge in [0.15, 0.2) is 0 Å². The maximum absolute atomic E-state index is 5.65. The van der Waals surface area contributed by atoms with E-state index in [0.717, 1.165) is 30.8 Å². The van der Waals surface area contributed by atoms with Crippen molar-refractivity contribution in [3.05, 3.63) is 0 Å². The van der Waals surface area contributed by atoms with Crippen LogP contribution in [0, 0.1) is 5.92 Å². The van der Waals surface area contributed by atoms with Crippen LogP contribution in [0.1, 0.15) is 59.8 Å². The highest BCUT2D eigenvalue weighted by Crippen LogP contribution is 2.41. The van der Waals surface area contributed by atoms with E-state index in [4.69, 9.17) is 31.3 Å². The van der Waals surface area contributed by atoms with Crippen molar-refractivity contribution in [2.45, 2.75) is 84.1 Å². The van der Waals surface area contributed by atoms with Crippen LogP contribution < -0.4 is 0 Å². The average molecular weight is 453 g/mol. The summed E-state index contributed by atoms with van der Waals surface area (Å²) in [6.07, 6.45) is 7.06. The summed E-state index contributed by atoms with van der Waals surface area (Å²) in [5, 5.41) is 0. The van der Waals surface area contributed by atoms with Crippen molar-refractivity contribution in [1.29, 1.82) is 0 Å². The SMILES string of the molecule is CCC[Si](OCC)(OCC)OCC.CO[Si](CCC1CCC2OC2C1)(OC)OC. The van der Waals surface area contributed by atoms with E-state index in [1.54, 1.807) is 21.3 Å². The second-order valence-corrected chi connectivity index (χ2v) is 13.3. The van der Waals surface area contributed by atoms with Crippen molar-refractivity contribution in [3.63, 3.8) is 0 Å². The highest BCUT2D eigenvalue weighted by atomic mass is 28.4. The molecule has 174 valence electrons. The van der Waals surface area contributed by atoms with Crippen molar-refractivity contribution >= 4 is 17.6 Å². The number of hydrogen-bond donors (Lipinski definition) is 0. The third-order valence-electron chi connectivity index (χ3n) is 5.55. The maximum atomic E-state index is 5.65. The second-order valence-electron chi connectivity index (χ2n) is 7.46. The number of rotatable bonds is 14. The molecule has 0 spiro atoms. The Labute approximate surface area is 180 Å².